The Morgan fingerprint density at radius 1 is 1.00 bits per heavy atom. The zero-order valence-corrected chi connectivity index (χ0v) is 11.9. The second-order valence-electron chi connectivity index (χ2n) is 5.77. The Hall–Kier alpha value is -0.820. The average Bonchev–Trinajstić information content (AvgIpc) is 2.70. The van der Waals surface area contributed by atoms with Crippen LogP contribution in [0.25, 0.3) is 0 Å². The summed E-state index contributed by atoms with van der Waals surface area (Å²) in [7, 11) is 2.13. The van der Waals surface area contributed by atoms with E-state index in [1.54, 1.807) is 0 Å². The minimum absolute atomic E-state index is 0.610. The van der Waals surface area contributed by atoms with Crippen LogP contribution < -0.4 is 5.32 Å². The molecular weight excluding hydrogens is 218 g/mol. The van der Waals surface area contributed by atoms with Gasteiger partial charge < -0.3 is 5.32 Å². The van der Waals surface area contributed by atoms with Crippen molar-refractivity contribution in [2.45, 2.75) is 57.4 Å². The van der Waals surface area contributed by atoms with Gasteiger partial charge in [-0.25, -0.2) is 0 Å². The number of hydrogen-bond donors (Lipinski definition) is 1. The number of likely N-dealkylation sites (N-methyl/N-ethyl adjacent to an activating group) is 1. The van der Waals surface area contributed by atoms with E-state index in [0.717, 1.165) is 5.92 Å². The van der Waals surface area contributed by atoms with Crippen LogP contribution in [-0.2, 0) is 0 Å². The summed E-state index contributed by atoms with van der Waals surface area (Å²) in [5, 5.41) is 3.60. The molecule has 1 nitrogen and oxygen atoms in total. The van der Waals surface area contributed by atoms with E-state index in [0.29, 0.717) is 12.0 Å². The summed E-state index contributed by atoms with van der Waals surface area (Å²) >= 11 is 0. The van der Waals surface area contributed by atoms with E-state index in [9.17, 15) is 0 Å². The SMILES string of the molecule is CNC(C1CCCCCC1)C(C)c1ccccc1. The molecule has 1 N–H and O–H groups in total. The van der Waals surface area contributed by atoms with Crippen LogP contribution in [0.3, 0.4) is 0 Å². The molecule has 2 rings (SSSR count). The highest BCUT2D eigenvalue weighted by Gasteiger charge is 2.26. The van der Waals surface area contributed by atoms with Crippen molar-refractivity contribution >= 4 is 0 Å². The van der Waals surface area contributed by atoms with Gasteiger partial charge in [-0.3, -0.25) is 0 Å². The fourth-order valence-corrected chi connectivity index (χ4v) is 3.53. The second-order valence-corrected chi connectivity index (χ2v) is 5.77. The summed E-state index contributed by atoms with van der Waals surface area (Å²) in [5.74, 6) is 1.46. The third kappa shape index (κ3) is 3.35. The van der Waals surface area contributed by atoms with E-state index < -0.39 is 0 Å². The van der Waals surface area contributed by atoms with E-state index >= 15 is 0 Å². The Balaban J connectivity index is 2.07. The highest BCUT2D eigenvalue weighted by Crippen LogP contribution is 2.32. The molecule has 2 atom stereocenters. The molecule has 0 bridgehead atoms. The monoisotopic (exact) mass is 245 g/mol. The Morgan fingerprint density at radius 3 is 2.17 bits per heavy atom. The first-order valence-electron chi connectivity index (χ1n) is 7.55. The quantitative estimate of drug-likeness (QED) is 0.778. The lowest BCUT2D eigenvalue weighted by atomic mass is 9.81. The van der Waals surface area contributed by atoms with Crippen molar-refractivity contribution in [1.82, 2.24) is 5.32 Å². The zero-order valence-electron chi connectivity index (χ0n) is 11.9. The van der Waals surface area contributed by atoms with Gasteiger partial charge in [0.2, 0.25) is 0 Å². The molecular formula is C17H27N. The maximum Gasteiger partial charge on any atom is 0.0158 e. The summed E-state index contributed by atoms with van der Waals surface area (Å²) in [5.41, 5.74) is 1.47. The minimum atomic E-state index is 0.610. The number of nitrogens with one attached hydrogen (secondary N) is 1. The van der Waals surface area contributed by atoms with Gasteiger partial charge in [0, 0.05) is 6.04 Å². The molecule has 1 saturated carbocycles. The standard InChI is InChI=1S/C17H27N/c1-14(15-10-8-5-9-11-15)17(18-2)16-12-6-3-4-7-13-16/h5,8-11,14,16-18H,3-4,6-7,12-13H2,1-2H3. The van der Waals surface area contributed by atoms with Gasteiger partial charge in [-0.2, -0.15) is 0 Å². The minimum Gasteiger partial charge on any atom is -0.316 e. The van der Waals surface area contributed by atoms with Crippen LogP contribution in [0.4, 0.5) is 0 Å². The van der Waals surface area contributed by atoms with Gasteiger partial charge in [0.25, 0.3) is 0 Å². The summed E-state index contributed by atoms with van der Waals surface area (Å²) in [6.07, 6.45) is 8.53. The molecule has 1 aliphatic carbocycles. The summed E-state index contributed by atoms with van der Waals surface area (Å²) in [4.78, 5) is 0. The van der Waals surface area contributed by atoms with E-state index in [1.165, 1.54) is 44.1 Å². The summed E-state index contributed by atoms with van der Waals surface area (Å²) in [6.45, 7) is 2.38. The molecule has 100 valence electrons. The lowest BCUT2D eigenvalue weighted by molar-refractivity contribution is 0.301. The molecule has 1 aliphatic rings. The molecule has 18 heavy (non-hydrogen) atoms. The van der Waals surface area contributed by atoms with Crippen molar-refractivity contribution in [3.63, 3.8) is 0 Å². The van der Waals surface area contributed by atoms with Crippen molar-refractivity contribution in [3.05, 3.63) is 35.9 Å². The Labute approximate surface area is 112 Å². The van der Waals surface area contributed by atoms with E-state index in [1.807, 2.05) is 0 Å². The molecule has 2 unspecified atom stereocenters. The Bertz CT molecular complexity index is 325. The molecule has 1 aromatic rings. The van der Waals surface area contributed by atoms with Gasteiger partial charge in [0.1, 0.15) is 0 Å². The molecule has 0 spiro atoms. The fraction of sp³-hybridized carbons (Fsp3) is 0.647. The smallest absolute Gasteiger partial charge is 0.0158 e. The molecule has 0 saturated heterocycles. The molecule has 0 heterocycles. The largest absolute Gasteiger partial charge is 0.316 e. The van der Waals surface area contributed by atoms with Gasteiger partial charge in [0.05, 0.1) is 0 Å². The predicted molar refractivity (Wildman–Crippen MR) is 78.9 cm³/mol. The van der Waals surface area contributed by atoms with Gasteiger partial charge in [-0.1, -0.05) is 62.9 Å². The van der Waals surface area contributed by atoms with Crippen LogP contribution in [-0.4, -0.2) is 13.1 Å². The average molecular weight is 245 g/mol. The van der Waals surface area contributed by atoms with Crippen LogP contribution in [0.5, 0.6) is 0 Å². The van der Waals surface area contributed by atoms with E-state index in [2.05, 4.69) is 49.6 Å². The molecule has 0 radical (unpaired) electrons. The van der Waals surface area contributed by atoms with Gasteiger partial charge in [0.15, 0.2) is 0 Å². The van der Waals surface area contributed by atoms with Crippen molar-refractivity contribution in [3.8, 4) is 0 Å². The van der Waals surface area contributed by atoms with Crippen LogP contribution in [0.1, 0.15) is 56.9 Å². The lowest BCUT2D eigenvalue weighted by Crippen LogP contribution is -2.38. The Kier molecular flexibility index (Phi) is 5.25. The molecule has 1 fully saturated rings. The fourth-order valence-electron chi connectivity index (χ4n) is 3.53. The first kappa shape index (κ1) is 13.6. The van der Waals surface area contributed by atoms with Gasteiger partial charge in [-0.15, -0.1) is 0 Å². The van der Waals surface area contributed by atoms with Crippen molar-refractivity contribution in [1.29, 1.82) is 0 Å². The van der Waals surface area contributed by atoms with Crippen LogP contribution >= 0.6 is 0 Å². The number of rotatable bonds is 4. The third-order valence-corrected chi connectivity index (χ3v) is 4.61. The van der Waals surface area contributed by atoms with Gasteiger partial charge >= 0.3 is 0 Å². The maximum atomic E-state index is 3.60. The zero-order chi connectivity index (χ0) is 12.8. The van der Waals surface area contributed by atoms with Crippen LogP contribution in [0.15, 0.2) is 30.3 Å². The van der Waals surface area contributed by atoms with Gasteiger partial charge in [-0.05, 0) is 37.3 Å². The molecule has 0 aliphatic heterocycles. The number of benzene rings is 1. The first-order valence-corrected chi connectivity index (χ1v) is 7.55. The third-order valence-electron chi connectivity index (χ3n) is 4.61. The number of hydrogen-bond acceptors (Lipinski definition) is 1. The normalized spacial score (nSPS) is 21.2. The highest BCUT2D eigenvalue weighted by atomic mass is 14.9. The lowest BCUT2D eigenvalue weighted by Gasteiger charge is -2.31. The van der Waals surface area contributed by atoms with Crippen molar-refractivity contribution in [2.75, 3.05) is 7.05 Å². The van der Waals surface area contributed by atoms with Crippen molar-refractivity contribution < 1.29 is 0 Å². The predicted octanol–water partition coefficient (Wildman–Crippen LogP) is 4.35. The molecule has 1 heteroatoms. The second kappa shape index (κ2) is 6.94. The topological polar surface area (TPSA) is 12.0 Å². The van der Waals surface area contributed by atoms with E-state index in [-0.39, 0.29) is 0 Å². The molecule has 0 amide bonds. The van der Waals surface area contributed by atoms with E-state index in [4.69, 9.17) is 0 Å². The Morgan fingerprint density at radius 2 is 1.61 bits per heavy atom. The van der Waals surface area contributed by atoms with Crippen LogP contribution in [0.2, 0.25) is 0 Å². The molecule has 0 aromatic heterocycles. The maximum absolute atomic E-state index is 3.60. The molecule has 1 aromatic carbocycles. The van der Waals surface area contributed by atoms with Crippen molar-refractivity contribution in [2.24, 2.45) is 5.92 Å². The highest BCUT2D eigenvalue weighted by molar-refractivity contribution is 5.20. The summed E-state index contributed by atoms with van der Waals surface area (Å²) < 4.78 is 0. The first-order chi connectivity index (χ1) is 8.83. The summed E-state index contributed by atoms with van der Waals surface area (Å²) in [6, 6.07) is 11.6. The van der Waals surface area contributed by atoms with Crippen LogP contribution in [0, 0.1) is 5.92 Å².